The normalized spacial score (nSPS) is 17.7. The van der Waals surface area contributed by atoms with Crippen LogP contribution < -0.4 is 5.32 Å². The highest BCUT2D eigenvalue weighted by molar-refractivity contribution is 5.63. The Hall–Kier alpha value is -2.95. The molecular formula is C17H15F3N2O3. The van der Waals surface area contributed by atoms with Gasteiger partial charge in [-0.1, -0.05) is 18.2 Å². The summed E-state index contributed by atoms with van der Waals surface area (Å²) >= 11 is 0. The smallest absolute Gasteiger partial charge is 0.437 e. The van der Waals surface area contributed by atoms with Gasteiger partial charge in [-0.15, -0.1) is 0 Å². The summed E-state index contributed by atoms with van der Waals surface area (Å²) in [6, 6.07) is 6.78. The van der Waals surface area contributed by atoms with Crippen molar-refractivity contribution in [1.29, 1.82) is 5.26 Å². The zero-order valence-electron chi connectivity index (χ0n) is 13.7. The Bertz CT molecular complexity index is 804. The van der Waals surface area contributed by atoms with Crippen molar-refractivity contribution in [2.24, 2.45) is 0 Å². The van der Waals surface area contributed by atoms with E-state index in [1.165, 1.54) is 18.2 Å². The molecule has 1 heterocycles. The first kappa shape index (κ1) is 18.4. The van der Waals surface area contributed by atoms with Crippen LogP contribution in [-0.4, -0.2) is 13.3 Å². The quantitative estimate of drug-likeness (QED) is 0.808. The van der Waals surface area contributed by atoms with Gasteiger partial charge in [-0.3, -0.25) is 0 Å². The fraction of sp³-hybridized carbons (Fsp3) is 0.294. The van der Waals surface area contributed by atoms with Crippen molar-refractivity contribution < 1.29 is 27.4 Å². The fourth-order valence-electron chi connectivity index (χ4n) is 2.69. The van der Waals surface area contributed by atoms with E-state index in [9.17, 15) is 23.2 Å². The molecule has 0 radical (unpaired) electrons. The Balaban J connectivity index is 2.70. The van der Waals surface area contributed by atoms with Crippen molar-refractivity contribution in [3.63, 3.8) is 0 Å². The molecule has 5 nitrogen and oxygen atoms in total. The van der Waals surface area contributed by atoms with Crippen LogP contribution in [0.4, 0.5) is 18.0 Å². The van der Waals surface area contributed by atoms with E-state index in [1.54, 1.807) is 13.8 Å². The lowest BCUT2D eigenvalue weighted by Gasteiger charge is -2.29. The van der Waals surface area contributed by atoms with E-state index in [0.29, 0.717) is 11.4 Å². The van der Waals surface area contributed by atoms with Crippen LogP contribution in [0.3, 0.4) is 0 Å². The number of hydrogen-bond donors (Lipinski definition) is 1. The fourth-order valence-corrected chi connectivity index (χ4v) is 2.69. The van der Waals surface area contributed by atoms with Crippen molar-refractivity contribution in [2.75, 3.05) is 7.11 Å². The molecule has 1 aromatic carbocycles. The molecule has 0 fully saturated rings. The van der Waals surface area contributed by atoms with Crippen molar-refractivity contribution in [2.45, 2.75) is 25.9 Å². The molecule has 1 N–H and O–H groups in total. The molecule has 1 atom stereocenters. The predicted molar refractivity (Wildman–Crippen MR) is 81.8 cm³/mol. The standard InChI is InChI=1S/C17H15F3N2O3/c1-9-12(8-21)14(15(10(2)22-9)25-16(23)24-3)11-6-4-5-7-13(11)17(18,19)20/h4-7,14,22H,1-3H3. The summed E-state index contributed by atoms with van der Waals surface area (Å²) in [5.41, 5.74) is -0.337. The number of ether oxygens (including phenoxy) is 2. The molecule has 1 aromatic rings. The van der Waals surface area contributed by atoms with Crippen molar-refractivity contribution in [1.82, 2.24) is 5.32 Å². The maximum Gasteiger partial charge on any atom is 0.513 e. The highest BCUT2D eigenvalue weighted by atomic mass is 19.4. The number of methoxy groups -OCH3 is 1. The van der Waals surface area contributed by atoms with Gasteiger partial charge < -0.3 is 14.8 Å². The number of nitrogens with one attached hydrogen (secondary N) is 1. The second-order valence-electron chi connectivity index (χ2n) is 5.34. The van der Waals surface area contributed by atoms with Crippen LogP contribution in [0.15, 0.2) is 47.0 Å². The third kappa shape index (κ3) is 3.60. The molecule has 1 aliphatic rings. The number of dihydropyridines is 1. The minimum atomic E-state index is -4.62. The molecule has 0 spiro atoms. The summed E-state index contributed by atoms with van der Waals surface area (Å²) in [6.07, 6.45) is -5.71. The maximum atomic E-state index is 13.4. The molecule has 0 aliphatic carbocycles. The van der Waals surface area contributed by atoms with Crippen molar-refractivity contribution in [3.8, 4) is 6.07 Å². The average molecular weight is 352 g/mol. The minimum absolute atomic E-state index is 0.0289. The number of halogens is 3. The molecule has 132 valence electrons. The number of nitrogens with zero attached hydrogens (tertiary/aromatic N) is 1. The lowest BCUT2D eigenvalue weighted by Crippen LogP contribution is -2.27. The number of benzene rings is 1. The molecular weight excluding hydrogens is 337 g/mol. The van der Waals surface area contributed by atoms with Crippen molar-refractivity contribution >= 4 is 6.16 Å². The zero-order valence-corrected chi connectivity index (χ0v) is 13.7. The summed E-state index contributed by atoms with van der Waals surface area (Å²) in [6.45, 7) is 3.11. The molecule has 0 saturated heterocycles. The van der Waals surface area contributed by atoms with Gasteiger partial charge in [0, 0.05) is 5.70 Å². The molecule has 0 bridgehead atoms. The number of carbonyl (C=O) groups excluding carboxylic acids is 1. The Morgan fingerprint density at radius 1 is 1.24 bits per heavy atom. The van der Waals surface area contributed by atoms with E-state index in [2.05, 4.69) is 10.1 Å². The summed E-state index contributed by atoms with van der Waals surface area (Å²) in [5.74, 6) is -1.28. The lowest BCUT2D eigenvalue weighted by atomic mass is 9.83. The topological polar surface area (TPSA) is 71.3 Å². The Morgan fingerprint density at radius 2 is 1.88 bits per heavy atom. The Morgan fingerprint density at radius 3 is 2.44 bits per heavy atom. The summed E-state index contributed by atoms with van der Waals surface area (Å²) in [7, 11) is 1.08. The molecule has 25 heavy (non-hydrogen) atoms. The monoisotopic (exact) mass is 352 g/mol. The van der Waals surface area contributed by atoms with Crippen LogP contribution in [0, 0.1) is 11.3 Å². The highest BCUT2D eigenvalue weighted by Crippen LogP contribution is 2.43. The van der Waals surface area contributed by atoms with Crippen LogP contribution in [0.25, 0.3) is 0 Å². The van der Waals surface area contributed by atoms with Gasteiger partial charge in [0.05, 0.1) is 35.9 Å². The highest BCUT2D eigenvalue weighted by Gasteiger charge is 2.40. The number of allylic oxidation sites excluding steroid dienone is 3. The van der Waals surface area contributed by atoms with Gasteiger partial charge >= 0.3 is 12.3 Å². The second kappa shape index (κ2) is 6.89. The van der Waals surface area contributed by atoms with E-state index >= 15 is 0 Å². The lowest BCUT2D eigenvalue weighted by molar-refractivity contribution is -0.138. The first-order valence-corrected chi connectivity index (χ1v) is 7.21. The van der Waals surface area contributed by atoms with Crippen LogP contribution in [-0.2, 0) is 15.7 Å². The summed E-state index contributed by atoms with van der Waals surface area (Å²) in [4.78, 5) is 11.5. The molecule has 0 aromatic heterocycles. The first-order valence-electron chi connectivity index (χ1n) is 7.21. The summed E-state index contributed by atoms with van der Waals surface area (Å²) in [5, 5.41) is 12.3. The van der Waals surface area contributed by atoms with Crippen LogP contribution in [0.5, 0.6) is 0 Å². The molecule has 1 aliphatic heterocycles. The predicted octanol–water partition coefficient (Wildman–Crippen LogP) is 4.20. The third-order valence-electron chi connectivity index (χ3n) is 3.76. The minimum Gasteiger partial charge on any atom is -0.437 e. The number of rotatable bonds is 2. The van der Waals surface area contributed by atoms with E-state index in [4.69, 9.17) is 4.74 Å². The van der Waals surface area contributed by atoms with E-state index in [0.717, 1.165) is 13.2 Å². The van der Waals surface area contributed by atoms with Gasteiger partial charge in [0.2, 0.25) is 0 Å². The number of carbonyl (C=O) groups is 1. The Labute approximate surface area is 142 Å². The maximum absolute atomic E-state index is 13.4. The average Bonchev–Trinajstić information content (AvgIpc) is 2.55. The van der Waals surface area contributed by atoms with Crippen molar-refractivity contribution in [3.05, 3.63) is 58.1 Å². The van der Waals surface area contributed by atoms with Gasteiger partial charge in [-0.2, -0.15) is 18.4 Å². The van der Waals surface area contributed by atoms with Gasteiger partial charge in [-0.25, -0.2) is 4.79 Å². The molecule has 0 saturated carbocycles. The van der Waals surface area contributed by atoms with E-state index in [1.807, 2.05) is 6.07 Å². The number of alkyl halides is 3. The molecule has 0 amide bonds. The van der Waals surface area contributed by atoms with Gasteiger partial charge in [-0.05, 0) is 25.5 Å². The van der Waals surface area contributed by atoms with Gasteiger partial charge in [0.15, 0.2) is 0 Å². The van der Waals surface area contributed by atoms with Crippen LogP contribution in [0.2, 0.25) is 0 Å². The van der Waals surface area contributed by atoms with Crippen LogP contribution in [0.1, 0.15) is 30.9 Å². The SMILES string of the molecule is COC(=O)OC1=C(C)NC(C)=C(C#N)C1c1ccccc1C(F)(F)F. The number of nitriles is 1. The first-order chi connectivity index (χ1) is 11.7. The molecule has 8 heteroatoms. The van der Waals surface area contributed by atoms with Gasteiger partial charge in [0.25, 0.3) is 0 Å². The zero-order chi connectivity index (χ0) is 18.8. The Kier molecular flexibility index (Phi) is 5.07. The molecule has 2 rings (SSSR count). The van der Waals surface area contributed by atoms with E-state index < -0.39 is 23.8 Å². The second-order valence-corrected chi connectivity index (χ2v) is 5.34. The largest absolute Gasteiger partial charge is 0.513 e. The third-order valence-corrected chi connectivity index (χ3v) is 3.76. The summed E-state index contributed by atoms with van der Waals surface area (Å²) < 4.78 is 49.8. The number of hydrogen-bond acceptors (Lipinski definition) is 5. The van der Waals surface area contributed by atoms with Gasteiger partial charge in [0.1, 0.15) is 5.76 Å². The van der Waals surface area contributed by atoms with Crippen LogP contribution >= 0.6 is 0 Å². The van der Waals surface area contributed by atoms with E-state index in [-0.39, 0.29) is 16.9 Å². The molecule has 1 unspecified atom stereocenters.